The number of nitrogens with zero attached hydrogens (tertiary/aromatic N) is 3. The fourth-order valence-electron chi connectivity index (χ4n) is 4.92. The molecule has 8 heteroatoms. The molecule has 3 heterocycles. The van der Waals surface area contributed by atoms with Crippen LogP contribution < -0.4 is 20.7 Å². The maximum absolute atomic E-state index is 12.9. The van der Waals surface area contributed by atoms with Crippen molar-refractivity contribution in [3.63, 3.8) is 0 Å². The molecule has 2 fully saturated rings. The van der Waals surface area contributed by atoms with Crippen LogP contribution >= 0.6 is 11.3 Å². The Labute approximate surface area is 204 Å². The standard InChI is InChI=1S/C26H31N5O2S/c1-33-22-6-4-5-18(17-22)23(32)24-25(27)29-26(34-24)28-19-7-9-20(10-8-19)31-15-11-21(12-16-31)30-13-2-3-14-30/h4-10,17,21H,2-3,11-16,27H2,1H3,(H,28,29). The normalized spacial score (nSPS) is 17.1. The lowest BCUT2D eigenvalue weighted by molar-refractivity contribution is 0.104. The highest BCUT2D eigenvalue weighted by atomic mass is 32.1. The van der Waals surface area contributed by atoms with E-state index in [2.05, 4.69) is 44.4 Å². The van der Waals surface area contributed by atoms with Crippen LogP contribution in [0.15, 0.2) is 48.5 Å². The van der Waals surface area contributed by atoms with Crippen molar-refractivity contribution in [1.29, 1.82) is 0 Å². The second-order valence-electron chi connectivity index (χ2n) is 8.93. The van der Waals surface area contributed by atoms with Gasteiger partial charge in [0.05, 0.1) is 7.11 Å². The van der Waals surface area contributed by atoms with Gasteiger partial charge in [-0.25, -0.2) is 4.98 Å². The van der Waals surface area contributed by atoms with E-state index in [9.17, 15) is 4.79 Å². The summed E-state index contributed by atoms with van der Waals surface area (Å²) in [5.41, 5.74) is 8.78. The fraction of sp³-hybridized carbons (Fsp3) is 0.385. The molecule has 2 aromatic carbocycles. The van der Waals surface area contributed by atoms with Gasteiger partial charge in [0, 0.05) is 36.1 Å². The lowest BCUT2D eigenvalue weighted by atomic mass is 10.0. The van der Waals surface area contributed by atoms with Crippen molar-refractivity contribution in [1.82, 2.24) is 9.88 Å². The number of thiazole rings is 1. The number of hydrogen-bond donors (Lipinski definition) is 2. The SMILES string of the molecule is COc1cccc(C(=O)c2sc(Nc3ccc(N4CCC(N5CCCC5)CC4)cc3)nc2N)c1. The van der Waals surface area contributed by atoms with E-state index in [1.54, 1.807) is 31.4 Å². The predicted molar refractivity (Wildman–Crippen MR) is 139 cm³/mol. The van der Waals surface area contributed by atoms with Crippen molar-refractivity contribution in [2.45, 2.75) is 31.7 Å². The average Bonchev–Trinajstić information content (AvgIpc) is 3.54. The summed E-state index contributed by atoms with van der Waals surface area (Å²) >= 11 is 1.26. The number of methoxy groups -OCH3 is 1. The van der Waals surface area contributed by atoms with E-state index >= 15 is 0 Å². The Bertz CT molecular complexity index is 1130. The van der Waals surface area contributed by atoms with Gasteiger partial charge in [-0.15, -0.1) is 0 Å². The van der Waals surface area contributed by atoms with Crippen LogP contribution in [0.4, 0.5) is 22.3 Å². The molecule has 5 rings (SSSR count). The number of nitrogens with one attached hydrogen (secondary N) is 1. The third-order valence-electron chi connectivity index (χ3n) is 6.80. The zero-order valence-electron chi connectivity index (χ0n) is 19.5. The number of aromatic nitrogens is 1. The molecule has 3 N–H and O–H groups in total. The van der Waals surface area contributed by atoms with E-state index in [0.29, 0.717) is 21.3 Å². The smallest absolute Gasteiger partial charge is 0.206 e. The van der Waals surface area contributed by atoms with Gasteiger partial charge in [-0.2, -0.15) is 0 Å². The molecule has 2 saturated heterocycles. The van der Waals surface area contributed by atoms with Crippen LogP contribution in [0.2, 0.25) is 0 Å². The summed E-state index contributed by atoms with van der Waals surface area (Å²) in [6.07, 6.45) is 5.19. The number of benzene rings is 2. The summed E-state index contributed by atoms with van der Waals surface area (Å²) < 4.78 is 5.22. The minimum Gasteiger partial charge on any atom is -0.497 e. The molecular formula is C26H31N5O2S. The van der Waals surface area contributed by atoms with Crippen LogP contribution in [0.1, 0.15) is 40.9 Å². The largest absolute Gasteiger partial charge is 0.497 e. The van der Waals surface area contributed by atoms with E-state index < -0.39 is 0 Å². The Balaban J connectivity index is 1.21. The van der Waals surface area contributed by atoms with Gasteiger partial charge in [0.2, 0.25) is 5.78 Å². The van der Waals surface area contributed by atoms with Gasteiger partial charge in [0.15, 0.2) is 5.13 Å². The zero-order chi connectivity index (χ0) is 23.5. The molecule has 3 aromatic rings. The number of nitrogens with two attached hydrogens (primary N) is 1. The number of likely N-dealkylation sites (tertiary alicyclic amines) is 1. The highest BCUT2D eigenvalue weighted by Crippen LogP contribution is 2.31. The molecule has 0 bridgehead atoms. The first kappa shape index (κ1) is 22.7. The molecule has 34 heavy (non-hydrogen) atoms. The summed E-state index contributed by atoms with van der Waals surface area (Å²) in [6.45, 7) is 4.76. The number of nitrogen functional groups attached to an aromatic ring is 1. The van der Waals surface area contributed by atoms with Crippen LogP contribution in [0.5, 0.6) is 5.75 Å². The molecule has 0 amide bonds. The van der Waals surface area contributed by atoms with Crippen molar-refractivity contribution in [3.05, 3.63) is 59.0 Å². The highest BCUT2D eigenvalue weighted by Gasteiger charge is 2.26. The summed E-state index contributed by atoms with van der Waals surface area (Å²) in [4.78, 5) is 22.9. The van der Waals surface area contributed by atoms with E-state index in [4.69, 9.17) is 10.5 Å². The van der Waals surface area contributed by atoms with Crippen LogP contribution in [-0.4, -0.2) is 55.0 Å². The predicted octanol–water partition coefficient (Wildman–Crippen LogP) is 4.77. The van der Waals surface area contributed by atoms with E-state index in [-0.39, 0.29) is 11.6 Å². The highest BCUT2D eigenvalue weighted by molar-refractivity contribution is 7.18. The van der Waals surface area contributed by atoms with Gasteiger partial charge in [0.1, 0.15) is 16.4 Å². The van der Waals surface area contributed by atoms with Crippen LogP contribution in [0.3, 0.4) is 0 Å². The summed E-state index contributed by atoms with van der Waals surface area (Å²) in [5.74, 6) is 0.708. The number of piperidine rings is 1. The Morgan fingerprint density at radius 3 is 2.53 bits per heavy atom. The van der Waals surface area contributed by atoms with Crippen molar-refractivity contribution < 1.29 is 9.53 Å². The van der Waals surface area contributed by atoms with E-state index in [1.807, 2.05) is 0 Å². The number of ketones is 1. The molecule has 1 aromatic heterocycles. The van der Waals surface area contributed by atoms with Crippen molar-refractivity contribution in [2.75, 3.05) is 49.2 Å². The molecule has 0 atom stereocenters. The molecule has 0 spiro atoms. The third kappa shape index (κ3) is 4.88. The van der Waals surface area contributed by atoms with Gasteiger partial charge in [-0.1, -0.05) is 23.5 Å². The Morgan fingerprint density at radius 1 is 1.09 bits per heavy atom. The quantitative estimate of drug-likeness (QED) is 0.474. The Hall–Kier alpha value is -3.10. The van der Waals surface area contributed by atoms with Gasteiger partial charge < -0.3 is 25.6 Å². The van der Waals surface area contributed by atoms with Gasteiger partial charge in [-0.05, 0) is 75.2 Å². The number of carbonyl (C=O) groups is 1. The summed E-state index contributed by atoms with van der Waals surface area (Å²) in [5, 5.41) is 3.89. The number of hydrogen-bond acceptors (Lipinski definition) is 8. The Kier molecular flexibility index (Phi) is 6.69. The molecule has 2 aliphatic rings. The minimum atomic E-state index is -0.158. The topological polar surface area (TPSA) is 83.7 Å². The van der Waals surface area contributed by atoms with Crippen LogP contribution in [0.25, 0.3) is 0 Å². The molecule has 0 saturated carbocycles. The molecule has 178 valence electrons. The van der Waals surface area contributed by atoms with E-state index in [1.165, 1.54) is 55.8 Å². The van der Waals surface area contributed by atoms with Crippen molar-refractivity contribution in [2.24, 2.45) is 0 Å². The molecular weight excluding hydrogens is 446 g/mol. The molecule has 0 unspecified atom stereocenters. The van der Waals surface area contributed by atoms with Gasteiger partial charge in [0.25, 0.3) is 0 Å². The maximum atomic E-state index is 12.9. The first-order valence-electron chi connectivity index (χ1n) is 11.9. The monoisotopic (exact) mass is 477 g/mol. The fourth-order valence-corrected chi connectivity index (χ4v) is 5.79. The molecule has 2 aliphatic heterocycles. The summed E-state index contributed by atoms with van der Waals surface area (Å²) in [6, 6.07) is 16.2. The third-order valence-corrected chi connectivity index (χ3v) is 7.78. The number of ether oxygens (including phenoxy) is 1. The average molecular weight is 478 g/mol. The second kappa shape index (κ2) is 10.0. The second-order valence-corrected chi connectivity index (χ2v) is 9.93. The molecule has 0 aliphatic carbocycles. The maximum Gasteiger partial charge on any atom is 0.206 e. The zero-order valence-corrected chi connectivity index (χ0v) is 20.3. The summed E-state index contributed by atoms with van der Waals surface area (Å²) in [7, 11) is 1.58. The van der Waals surface area contributed by atoms with Gasteiger partial charge in [-0.3, -0.25) is 4.79 Å². The van der Waals surface area contributed by atoms with Crippen LogP contribution in [0, 0.1) is 0 Å². The van der Waals surface area contributed by atoms with E-state index in [0.717, 1.165) is 24.8 Å². The number of rotatable bonds is 7. The number of anilines is 4. The first-order chi connectivity index (χ1) is 16.6. The molecule has 7 nitrogen and oxygen atoms in total. The van der Waals surface area contributed by atoms with Gasteiger partial charge >= 0.3 is 0 Å². The van der Waals surface area contributed by atoms with Crippen molar-refractivity contribution >= 4 is 39.4 Å². The number of carbonyl (C=O) groups excluding carboxylic acids is 1. The minimum absolute atomic E-state index is 0.158. The lowest BCUT2D eigenvalue weighted by Gasteiger charge is -2.37. The Morgan fingerprint density at radius 2 is 1.82 bits per heavy atom. The van der Waals surface area contributed by atoms with Crippen molar-refractivity contribution in [3.8, 4) is 5.75 Å². The molecule has 0 radical (unpaired) electrons. The van der Waals surface area contributed by atoms with Crippen LogP contribution in [-0.2, 0) is 0 Å². The lowest BCUT2D eigenvalue weighted by Crippen LogP contribution is -2.43. The first-order valence-corrected chi connectivity index (χ1v) is 12.7.